The summed E-state index contributed by atoms with van der Waals surface area (Å²) in [6.07, 6.45) is 8.60. The molecular weight excluding hydrogens is 495 g/mol. The Labute approximate surface area is 229 Å². The van der Waals surface area contributed by atoms with Crippen LogP contribution in [0.25, 0.3) is 11.3 Å². The molecule has 206 valence electrons. The zero-order chi connectivity index (χ0) is 27.6. The van der Waals surface area contributed by atoms with Crippen molar-refractivity contribution in [2.75, 3.05) is 13.7 Å². The second kappa shape index (κ2) is 11.2. The monoisotopic (exact) mass is 532 g/mol. The highest BCUT2D eigenvalue weighted by molar-refractivity contribution is 5.73. The number of hydrogen-bond donors (Lipinski definition) is 0. The van der Waals surface area contributed by atoms with E-state index in [9.17, 15) is 4.79 Å². The van der Waals surface area contributed by atoms with Crippen LogP contribution in [0.1, 0.15) is 75.6 Å². The number of hydrogen-bond acceptors (Lipinski definition) is 5. The van der Waals surface area contributed by atoms with Crippen molar-refractivity contribution in [2.24, 2.45) is 11.3 Å². The summed E-state index contributed by atoms with van der Waals surface area (Å²) < 4.78 is 33.6. The molecule has 7 heteroatoms. The minimum Gasteiger partial charge on any atom is -0.497 e. The number of ether oxygens (including phenoxy) is 3. The summed E-state index contributed by atoms with van der Waals surface area (Å²) in [6, 6.07) is 12.7. The fourth-order valence-corrected chi connectivity index (χ4v) is 5.60. The van der Waals surface area contributed by atoms with Crippen LogP contribution < -0.4 is 9.47 Å². The number of carbonyl (C=O) groups excluding carboxylic acids is 1. The van der Waals surface area contributed by atoms with E-state index < -0.39 is 0 Å². The highest BCUT2D eigenvalue weighted by Gasteiger charge is 2.35. The predicted octanol–water partition coefficient (Wildman–Crippen LogP) is 7.25. The Bertz CT molecular complexity index is 1370. The first-order valence-electron chi connectivity index (χ1n) is 13.8. The highest BCUT2D eigenvalue weighted by atomic mass is 19.1. The van der Waals surface area contributed by atoms with Crippen LogP contribution in [0.4, 0.5) is 4.39 Å². The number of rotatable bonds is 11. The molecule has 0 radical (unpaired) electrons. The van der Waals surface area contributed by atoms with Gasteiger partial charge in [-0.2, -0.15) is 5.10 Å². The van der Waals surface area contributed by atoms with Gasteiger partial charge in [0.05, 0.1) is 32.0 Å². The fraction of sp³-hybridized carbons (Fsp3) is 0.438. The molecule has 0 bridgehead atoms. The van der Waals surface area contributed by atoms with E-state index in [0.29, 0.717) is 30.4 Å². The van der Waals surface area contributed by atoms with Gasteiger partial charge in [-0.15, -0.1) is 0 Å². The normalized spacial score (nSPS) is 17.0. The number of nitrogens with zero attached hydrogens (tertiary/aromatic N) is 2. The Morgan fingerprint density at radius 2 is 2.00 bits per heavy atom. The van der Waals surface area contributed by atoms with E-state index in [0.717, 1.165) is 53.8 Å². The molecule has 0 aliphatic heterocycles. The molecule has 39 heavy (non-hydrogen) atoms. The molecule has 0 N–H and O–H groups in total. The summed E-state index contributed by atoms with van der Waals surface area (Å²) in [7, 11) is 1.57. The van der Waals surface area contributed by atoms with Crippen LogP contribution in [0, 0.1) is 17.2 Å². The summed E-state index contributed by atoms with van der Waals surface area (Å²) in [5.41, 5.74) is 4.24. The topological polar surface area (TPSA) is 62.6 Å². The maximum atomic E-state index is 15.0. The van der Waals surface area contributed by atoms with Crippen molar-refractivity contribution in [3.05, 3.63) is 77.4 Å². The maximum Gasteiger partial charge on any atom is 0.306 e. The molecule has 2 aliphatic rings. The number of carbonyl (C=O) groups is 1. The van der Waals surface area contributed by atoms with E-state index in [1.807, 2.05) is 25.1 Å². The van der Waals surface area contributed by atoms with Crippen molar-refractivity contribution in [2.45, 2.75) is 65.4 Å². The van der Waals surface area contributed by atoms with E-state index in [4.69, 9.17) is 14.2 Å². The lowest BCUT2D eigenvalue weighted by Gasteiger charge is -2.24. The second-order valence-electron chi connectivity index (χ2n) is 11.1. The van der Waals surface area contributed by atoms with Gasteiger partial charge in [-0.05, 0) is 85.3 Å². The minimum atomic E-state index is -0.371. The summed E-state index contributed by atoms with van der Waals surface area (Å²) in [5.74, 6) is 1.40. The number of halogens is 1. The predicted molar refractivity (Wildman–Crippen MR) is 149 cm³/mol. The van der Waals surface area contributed by atoms with E-state index in [2.05, 4.69) is 31.1 Å². The summed E-state index contributed by atoms with van der Waals surface area (Å²) in [6.45, 7) is 6.92. The third kappa shape index (κ3) is 5.87. The van der Waals surface area contributed by atoms with Crippen molar-refractivity contribution in [3.63, 3.8) is 0 Å². The van der Waals surface area contributed by atoms with Crippen LogP contribution in [0.3, 0.4) is 0 Å². The van der Waals surface area contributed by atoms with E-state index in [1.54, 1.807) is 30.1 Å². The van der Waals surface area contributed by atoms with Gasteiger partial charge < -0.3 is 14.2 Å². The lowest BCUT2D eigenvalue weighted by Crippen LogP contribution is -2.15. The van der Waals surface area contributed by atoms with Gasteiger partial charge in [-0.25, -0.2) is 9.07 Å². The van der Waals surface area contributed by atoms with Crippen LogP contribution in [-0.4, -0.2) is 29.5 Å². The fourth-order valence-electron chi connectivity index (χ4n) is 5.60. The molecule has 1 atom stereocenters. The Balaban J connectivity index is 1.44. The Morgan fingerprint density at radius 3 is 2.69 bits per heavy atom. The standard InChI is InChI=1S/C32H37FN2O4/c1-5-38-30(36)18-26(21-11-12-21)22-8-6-9-25(16-22)39-20-23-19-34-35(29-17-24(37-4)13-14-28(29)33)31(23)27-10-7-15-32(27,2)3/h6,8-10,13-14,16-17,19,21,26H,5,7,11-12,15,18,20H2,1-4H3. The molecule has 1 aromatic heterocycles. The van der Waals surface area contributed by atoms with Crippen molar-refractivity contribution >= 4 is 11.5 Å². The Morgan fingerprint density at radius 1 is 1.18 bits per heavy atom. The summed E-state index contributed by atoms with van der Waals surface area (Å²) in [5, 5.41) is 4.62. The maximum absolute atomic E-state index is 15.0. The molecule has 3 aromatic rings. The number of esters is 1. The van der Waals surface area contributed by atoms with Gasteiger partial charge in [0, 0.05) is 11.6 Å². The minimum absolute atomic E-state index is 0.0770. The van der Waals surface area contributed by atoms with Crippen molar-refractivity contribution in [1.82, 2.24) is 9.78 Å². The first-order valence-corrected chi connectivity index (χ1v) is 13.8. The zero-order valence-electron chi connectivity index (χ0n) is 23.2. The molecule has 0 amide bonds. The Kier molecular flexibility index (Phi) is 7.78. The third-order valence-electron chi connectivity index (χ3n) is 7.89. The van der Waals surface area contributed by atoms with E-state index in [-0.39, 0.29) is 29.7 Å². The highest BCUT2D eigenvalue weighted by Crippen LogP contribution is 2.47. The summed E-state index contributed by atoms with van der Waals surface area (Å²) >= 11 is 0. The average Bonchev–Trinajstić information content (AvgIpc) is 3.59. The molecule has 2 aromatic carbocycles. The number of aromatic nitrogens is 2. The second-order valence-corrected chi connectivity index (χ2v) is 11.1. The van der Waals surface area contributed by atoms with Gasteiger partial charge in [-0.3, -0.25) is 4.79 Å². The smallest absolute Gasteiger partial charge is 0.306 e. The van der Waals surface area contributed by atoms with Gasteiger partial charge in [0.15, 0.2) is 0 Å². The van der Waals surface area contributed by atoms with Crippen molar-refractivity contribution in [1.29, 1.82) is 0 Å². The molecular formula is C32H37FN2O4. The quantitative estimate of drug-likeness (QED) is 0.244. The van der Waals surface area contributed by atoms with Gasteiger partial charge in [-0.1, -0.05) is 32.1 Å². The molecule has 1 heterocycles. The van der Waals surface area contributed by atoms with E-state index >= 15 is 4.39 Å². The third-order valence-corrected chi connectivity index (χ3v) is 7.89. The van der Waals surface area contributed by atoms with Gasteiger partial charge >= 0.3 is 5.97 Å². The SMILES string of the molecule is CCOC(=O)CC(c1cccc(OCc2cnn(-c3cc(OC)ccc3F)c2C2=CCCC2(C)C)c1)C1CC1. The van der Waals surface area contributed by atoms with Crippen molar-refractivity contribution in [3.8, 4) is 17.2 Å². The molecule has 5 rings (SSSR count). The van der Waals surface area contributed by atoms with Crippen LogP contribution in [-0.2, 0) is 16.1 Å². The van der Waals surface area contributed by atoms with Crippen molar-refractivity contribution < 1.29 is 23.4 Å². The molecule has 6 nitrogen and oxygen atoms in total. The molecule has 0 spiro atoms. The van der Waals surface area contributed by atoms with Crippen LogP contribution in [0.5, 0.6) is 11.5 Å². The number of benzene rings is 2. The largest absolute Gasteiger partial charge is 0.497 e. The van der Waals surface area contributed by atoms with Crippen LogP contribution >= 0.6 is 0 Å². The summed E-state index contributed by atoms with van der Waals surface area (Å²) in [4.78, 5) is 12.3. The molecule has 1 saturated carbocycles. The molecule has 0 saturated heterocycles. The lowest BCUT2D eigenvalue weighted by atomic mass is 9.83. The Hall–Kier alpha value is -3.61. The average molecular weight is 533 g/mol. The number of allylic oxidation sites excluding steroid dienone is 2. The van der Waals surface area contributed by atoms with Crippen LogP contribution in [0.15, 0.2) is 54.7 Å². The number of methoxy groups -OCH3 is 1. The van der Waals surface area contributed by atoms with Gasteiger partial charge in [0.2, 0.25) is 0 Å². The van der Waals surface area contributed by atoms with Gasteiger partial charge in [0.1, 0.15) is 29.6 Å². The lowest BCUT2D eigenvalue weighted by molar-refractivity contribution is -0.143. The van der Waals surface area contributed by atoms with Crippen LogP contribution in [0.2, 0.25) is 0 Å². The molecule has 1 fully saturated rings. The zero-order valence-corrected chi connectivity index (χ0v) is 23.2. The van der Waals surface area contributed by atoms with E-state index in [1.165, 1.54) is 6.07 Å². The molecule has 2 aliphatic carbocycles. The first-order chi connectivity index (χ1) is 18.8. The molecule has 1 unspecified atom stereocenters. The first kappa shape index (κ1) is 27.0. The van der Waals surface area contributed by atoms with Gasteiger partial charge in [0.25, 0.3) is 0 Å².